The number of imidazole rings is 1. The molecule has 29 heavy (non-hydrogen) atoms. The van der Waals surface area contributed by atoms with E-state index >= 15 is 0 Å². The average Bonchev–Trinajstić information content (AvgIpc) is 3.14. The number of alkyl halides is 3. The van der Waals surface area contributed by atoms with Crippen LogP contribution in [0.15, 0.2) is 11.0 Å². The van der Waals surface area contributed by atoms with E-state index in [4.69, 9.17) is 9.47 Å². The molecule has 1 aliphatic carbocycles. The minimum atomic E-state index is -4.12. The zero-order valence-electron chi connectivity index (χ0n) is 16.3. The second kappa shape index (κ2) is 7.97. The van der Waals surface area contributed by atoms with Crippen molar-refractivity contribution in [1.29, 1.82) is 0 Å². The largest absolute Gasteiger partial charge is 0.463 e. The minimum absolute atomic E-state index is 0.0268. The molecule has 2 fully saturated rings. The van der Waals surface area contributed by atoms with Gasteiger partial charge in [-0.2, -0.15) is 13.2 Å². The van der Waals surface area contributed by atoms with Crippen LogP contribution in [0.4, 0.5) is 13.2 Å². The fraction of sp³-hybridized carbons (Fsp3) is 0.737. The van der Waals surface area contributed by atoms with Gasteiger partial charge in [-0.05, 0) is 44.4 Å². The second-order valence-corrected chi connectivity index (χ2v) is 8.02. The van der Waals surface area contributed by atoms with Crippen LogP contribution >= 0.6 is 0 Å². The number of fused-ring (bicyclic) bond motifs is 1. The van der Waals surface area contributed by atoms with Crippen LogP contribution < -0.4 is 10.3 Å². The third kappa shape index (κ3) is 4.12. The first-order valence-electron chi connectivity index (χ1n) is 10.1. The quantitative estimate of drug-likeness (QED) is 0.769. The first-order chi connectivity index (χ1) is 13.8. The van der Waals surface area contributed by atoms with Crippen molar-refractivity contribution in [3.8, 4) is 6.01 Å². The monoisotopic (exact) mass is 414 g/mol. The van der Waals surface area contributed by atoms with Crippen LogP contribution in [0.1, 0.15) is 50.3 Å². The van der Waals surface area contributed by atoms with Crippen LogP contribution in [0, 0.1) is 11.8 Å². The summed E-state index contributed by atoms with van der Waals surface area (Å²) in [5.74, 6) is -0.308. The molecule has 3 heterocycles. The lowest BCUT2D eigenvalue weighted by atomic mass is 9.82. The SMILES string of the molecule is Cn1c(OC[C@H]2CC[C@@H](C(F)(F)F)CC2)nn2c(C3CCOCC3)ncc2c1=O. The summed E-state index contributed by atoms with van der Waals surface area (Å²) in [5, 5.41) is 4.48. The maximum absolute atomic E-state index is 12.8. The topological polar surface area (TPSA) is 70.7 Å². The molecule has 1 saturated carbocycles. The number of halogens is 3. The summed E-state index contributed by atoms with van der Waals surface area (Å²) in [6.07, 6.45) is 0.199. The van der Waals surface area contributed by atoms with Gasteiger partial charge < -0.3 is 9.47 Å². The van der Waals surface area contributed by atoms with Crippen molar-refractivity contribution in [2.75, 3.05) is 19.8 Å². The molecule has 4 rings (SSSR count). The van der Waals surface area contributed by atoms with E-state index in [0.717, 1.165) is 18.7 Å². The first kappa shape index (κ1) is 20.2. The molecule has 0 radical (unpaired) electrons. The molecule has 160 valence electrons. The van der Waals surface area contributed by atoms with E-state index in [1.54, 1.807) is 11.6 Å². The summed E-state index contributed by atoms with van der Waals surface area (Å²) in [6.45, 7) is 1.54. The average molecular weight is 414 g/mol. The van der Waals surface area contributed by atoms with Crippen LogP contribution in [0.25, 0.3) is 5.52 Å². The number of nitrogens with zero attached hydrogens (tertiary/aromatic N) is 4. The number of hydrogen-bond donors (Lipinski definition) is 0. The zero-order chi connectivity index (χ0) is 20.6. The van der Waals surface area contributed by atoms with Gasteiger partial charge in [0.2, 0.25) is 0 Å². The van der Waals surface area contributed by atoms with E-state index in [1.807, 2.05) is 0 Å². The van der Waals surface area contributed by atoms with Crippen LogP contribution in [0.3, 0.4) is 0 Å². The Kier molecular flexibility index (Phi) is 5.54. The van der Waals surface area contributed by atoms with E-state index in [2.05, 4.69) is 10.1 Å². The van der Waals surface area contributed by atoms with E-state index in [9.17, 15) is 18.0 Å². The molecule has 0 aromatic carbocycles. The summed E-state index contributed by atoms with van der Waals surface area (Å²) in [5.41, 5.74) is 0.119. The summed E-state index contributed by atoms with van der Waals surface area (Å²) in [4.78, 5) is 17.1. The second-order valence-electron chi connectivity index (χ2n) is 8.02. The minimum Gasteiger partial charge on any atom is -0.463 e. The fourth-order valence-corrected chi connectivity index (χ4v) is 4.23. The van der Waals surface area contributed by atoms with Crippen molar-refractivity contribution < 1.29 is 22.6 Å². The van der Waals surface area contributed by atoms with Crippen molar-refractivity contribution in [3.05, 3.63) is 22.4 Å². The zero-order valence-corrected chi connectivity index (χ0v) is 16.3. The molecule has 2 aliphatic rings. The van der Waals surface area contributed by atoms with Gasteiger partial charge in [0.15, 0.2) is 5.52 Å². The Hall–Kier alpha value is -2.10. The van der Waals surface area contributed by atoms with Gasteiger partial charge in [-0.25, -0.2) is 9.50 Å². The first-order valence-corrected chi connectivity index (χ1v) is 10.1. The number of rotatable bonds is 4. The molecule has 1 saturated heterocycles. The normalized spacial score (nSPS) is 24.1. The Bertz CT molecular complexity index is 910. The molecule has 0 bridgehead atoms. The van der Waals surface area contributed by atoms with Crippen molar-refractivity contribution in [1.82, 2.24) is 19.2 Å². The molecule has 2 aromatic rings. The Morgan fingerprint density at radius 3 is 2.52 bits per heavy atom. The lowest BCUT2D eigenvalue weighted by Gasteiger charge is -2.29. The standard InChI is InChI=1S/C19H25F3N4O3/c1-25-17(27)15-10-23-16(13-6-8-28-9-7-13)26(15)24-18(25)29-11-12-2-4-14(5-3-12)19(20,21)22/h10,12-14H,2-9,11H2,1H3/t12-,14+. The highest BCUT2D eigenvalue weighted by Gasteiger charge is 2.41. The summed E-state index contributed by atoms with van der Waals surface area (Å²) in [6, 6.07) is 0.159. The summed E-state index contributed by atoms with van der Waals surface area (Å²) < 4.78 is 52.6. The molecule has 7 nitrogen and oxygen atoms in total. The highest BCUT2D eigenvalue weighted by atomic mass is 19.4. The van der Waals surface area contributed by atoms with E-state index in [-0.39, 0.29) is 42.9 Å². The Balaban J connectivity index is 1.49. The van der Waals surface area contributed by atoms with Crippen molar-refractivity contribution in [3.63, 3.8) is 0 Å². The molecule has 1 aliphatic heterocycles. The highest BCUT2D eigenvalue weighted by molar-refractivity contribution is 5.43. The smallest absolute Gasteiger partial charge is 0.391 e. The third-order valence-electron chi connectivity index (χ3n) is 6.10. The van der Waals surface area contributed by atoms with Gasteiger partial charge in [0.05, 0.1) is 18.7 Å². The molecule has 0 unspecified atom stereocenters. The van der Waals surface area contributed by atoms with Crippen molar-refractivity contribution >= 4 is 5.52 Å². The van der Waals surface area contributed by atoms with Gasteiger partial charge in [0.25, 0.3) is 5.56 Å². The molecule has 0 spiro atoms. The van der Waals surface area contributed by atoms with Crippen molar-refractivity contribution in [2.45, 2.75) is 50.6 Å². The van der Waals surface area contributed by atoms with Crippen molar-refractivity contribution in [2.24, 2.45) is 18.9 Å². The molecule has 0 N–H and O–H groups in total. The Morgan fingerprint density at radius 1 is 1.17 bits per heavy atom. The van der Waals surface area contributed by atoms with Gasteiger partial charge in [-0.1, -0.05) is 0 Å². The van der Waals surface area contributed by atoms with Crippen LogP contribution in [-0.4, -0.2) is 45.2 Å². The van der Waals surface area contributed by atoms with Crippen LogP contribution in [0.2, 0.25) is 0 Å². The Labute approximate surface area is 165 Å². The summed E-state index contributed by atoms with van der Waals surface area (Å²) in [7, 11) is 1.58. The molecule has 10 heteroatoms. The third-order valence-corrected chi connectivity index (χ3v) is 6.10. The fourth-order valence-electron chi connectivity index (χ4n) is 4.23. The van der Waals surface area contributed by atoms with E-state index in [0.29, 0.717) is 31.6 Å². The predicted molar refractivity (Wildman–Crippen MR) is 98.0 cm³/mol. The van der Waals surface area contributed by atoms with Gasteiger partial charge in [-0.3, -0.25) is 9.36 Å². The number of aromatic nitrogens is 4. The maximum atomic E-state index is 12.8. The maximum Gasteiger partial charge on any atom is 0.391 e. The van der Waals surface area contributed by atoms with Gasteiger partial charge >= 0.3 is 12.2 Å². The molecular weight excluding hydrogens is 389 g/mol. The number of hydrogen-bond acceptors (Lipinski definition) is 5. The van der Waals surface area contributed by atoms with Gasteiger partial charge in [0, 0.05) is 26.2 Å². The Morgan fingerprint density at radius 2 is 1.86 bits per heavy atom. The molecule has 2 aromatic heterocycles. The van der Waals surface area contributed by atoms with E-state index in [1.165, 1.54) is 10.8 Å². The summed E-state index contributed by atoms with van der Waals surface area (Å²) >= 11 is 0. The van der Waals surface area contributed by atoms with Crippen LogP contribution in [0.5, 0.6) is 6.01 Å². The van der Waals surface area contributed by atoms with E-state index < -0.39 is 12.1 Å². The molecule has 0 amide bonds. The molecule has 0 atom stereocenters. The lowest BCUT2D eigenvalue weighted by Crippen LogP contribution is -2.30. The van der Waals surface area contributed by atoms with Gasteiger partial charge in [-0.15, -0.1) is 5.10 Å². The highest BCUT2D eigenvalue weighted by Crippen LogP contribution is 2.39. The predicted octanol–water partition coefficient (Wildman–Crippen LogP) is 3.07. The molecular formula is C19H25F3N4O3. The number of ether oxygens (including phenoxy) is 2. The van der Waals surface area contributed by atoms with Gasteiger partial charge in [0.1, 0.15) is 5.82 Å². The lowest BCUT2D eigenvalue weighted by molar-refractivity contribution is -0.184. The van der Waals surface area contributed by atoms with Crippen LogP contribution in [-0.2, 0) is 11.8 Å².